The molecule has 1 aromatic carbocycles. The van der Waals surface area contributed by atoms with Crippen LogP contribution in [-0.4, -0.2) is 19.0 Å². The van der Waals surface area contributed by atoms with Crippen molar-refractivity contribution in [2.75, 3.05) is 13.1 Å². The number of nitrogens with one attached hydrogen (secondary N) is 2. The van der Waals surface area contributed by atoms with Crippen molar-refractivity contribution in [3.05, 3.63) is 34.4 Å². The van der Waals surface area contributed by atoms with Crippen LogP contribution < -0.4 is 10.6 Å². The second-order valence-corrected chi connectivity index (χ2v) is 5.08. The van der Waals surface area contributed by atoms with Gasteiger partial charge in [-0.1, -0.05) is 17.7 Å². The van der Waals surface area contributed by atoms with Gasteiger partial charge in [0.15, 0.2) is 0 Å². The van der Waals surface area contributed by atoms with Gasteiger partial charge >= 0.3 is 0 Å². The number of aryl methyl sites for hydroxylation is 3. The van der Waals surface area contributed by atoms with E-state index in [1.165, 1.54) is 16.7 Å². The minimum absolute atomic E-state index is 0.0683. The van der Waals surface area contributed by atoms with Crippen LogP contribution in [-0.2, 0) is 10.3 Å². The number of benzene rings is 1. The Morgan fingerprint density at radius 1 is 1.12 bits per heavy atom. The quantitative estimate of drug-likeness (QED) is 0.771. The van der Waals surface area contributed by atoms with Gasteiger partial charge in [0.25, 0.3) is 0 Å². The van der Waals surface area contributed by atoms with E-state index in [0.717, 1.165) is 12.1 Å². The van der Waals surface area contributed by atoms with Crippen molar-refractivity contribution in [3.63, 3.8) is 0 Å². The van der Waals surface area contributed by atoms with E-state index in [1.807, 2.05) is 6.92 Å². The molecule has 1 unspecified atom stereocenters. The molecule has 0 aliphatic carbocycles. The molecule has 2 N–H and O–H groups in total. The zero-order chi connectivity index (χ0) is 12.6. The Morgan fingerprint density at radius 3 is 2.24 bits per heavy atom. The maximum absolute atomic E-state index is 12.1. The molecule has 1 atom stereocenters. The second kappa shape index (κ2) is 4.15. The lowest BCUT2D eigenvalue weighted by molar-refractivity contribution is -0.129. The van der Waals surface area contributed by atoms with Crippen molar-refractivity contribution in [2.45, 2.75) is 33.2 Å². The topological polar surface area (TPSA) is 41.1 Å². The number of rotatable bonds is 1. The molecule has 0 aromatic heterocycles. The van der Waals surface area contributed by atoms with Gasteiger partial charge in [-0.25, -0.2) is 0 Å². The van der Waals surface area contributed by atoms with Crippen LogP contribution in [0.4, 0.5) is 0 Å². The van der Waals surface area contributed by atoms with Crippen molar-refractivity contribution in [3.8, 4) is 0 Å². The van der Waals surface area contributed by atoms with Crippen molar-refractivity contribution >= 4 is 5.91 Å². The number of amides is 1. The van der Waals surface area contributed by atoms with Gasteiger partial charge in [-0.3, -0.25) is 10.1 Å². The number of hydrogen-bond donors (Lipinski definition) is 2. The Labute approximate surface area is 103 Å². The fraction of sp³-hybridized carbons (Fsp3) is 0.500. The maximum Gasteiger partial charge on any atom is 0.244 e. The summed E-state index contributed by atoms with van der Waals surface area (Å²) >= 11 is 0. The van der Waals surface area contributed by atoms with Gasteiger partial charge in [-0.15, -0.1) is 0 Å². The minimum Gasteiger partial charge on any atom is -0.353 e. The Bertz CT molecular complexity index is 444. The molecule has 17 heavy (non-hydrogen) atoms. The van der Waals surface area contributed by atoms with Crippen LogP contribution in [0.3, 0.4) is 0 Å². The zero-order valence-electron chi connectivity index (χ0n) is 11.0. The number of hydrogen-bond acceptors (Lipinski definition) is 2. The molecule has 1 aliphatic heterocycles. The van der Waals surface area contributed by atoms with Gasteiger partial charge in [0.1, 0.15) is 5.54 Å². The predicted molar refractivity (Wildman–Crippen MR) is 69.0 cm³/mol. The highest BCUT2D eigenvalue weighted by Crippen LogP contribution is 2.29. The first-order valence-corrected chi connectivity index (χ1v) is 6.07. The average Bonchev–Trinajstić information content (AvgIpc) is 2.21. The molecule has 0 saturated carbocycles. The highest BCUT2D eigenvalue weighted by atomic mass is 16.2. The summed E-state index contributed by atoms with van der Waals surface area (Å²) in [6.45, 7) is 9.72. The smallest absolute Gasteiger partial charge is 0.244 e. The van der Waals surface area contributed by atoms with Gasteiger partial charge in [0.2, 0.25) is 5.91 Å². The molecule has 0 spiro atoms. The van der Waals surface area contributed by atoms with Gasteiger partial charge in [-0.05, 0) is 44.4 Å². The fourth-order valence-electron chi connectivity index (χ4n) is 2.92. The van der Waals surface area contributed by atoms with Crippen molar-refractivity contribution in [2.24, 2.45) is 0 Å². The average molecular weight is 232 g/mol. The van der Waals surface area contributed by atoms with E-state index in [-0.39, 0.29) is 5.91 Å². The Kier molecular flexibility index (Phi) is 2.96. The second-order valence-electron chi connectivity index (χ2n) is 5.08. The van der Waals surface area contributed by atoms with Crippen molar-refractivity contribution in [1.29, 1.82) is 0 Å². The van der Waals surface area contributed by atoms with Crippen LogP contribution in [0.1, 0.15) is 29.2 Å². The summed E-state index contributed by atoms with van der Waals surface area (Å²) in [5, 5.41) is 6.29. The molecule has 1 amide bonds. The van der Waals surface area contributed by atoms with Crippen LogP contribution in [0.15, 0.2) is 12.1 Å². The van der Waals surface area contributed by atoms with Gasteiger partial charge in [0, 0.05) is 13.1 Å². The molecule has 1 saturated heterocycles. The van der Waals surface area contributed by atoms with Gasteiger partial charge in [-0.2, -0.15) is 0 Å². The largest absolute Gasteiger partial charge is 0.353 e. The highest BCUT2D eigenvalue weighted by Gasteiger charge is 2.38. The van der Waals surface area contributed by atoms with Crippen LogP contribution in [0, 0.1) is 20.8 Å². The molecule has 3 heteroatoms. The first-order valence-electron chi connectivity index (χ1n) is 6.07. The number of piperazine rings is 1. The molecular weight excluding hydrogens is 212 g/mol. The lowest BCUT2D eigenvalue weighted by Crippen LogP contribution is -2.59. The van der Waals surface area contributed by atoms with Crippen LogP contribution >= 0.6 is 0 Å². The van der Waals surface area contributed by atoms with E-state index >= 15 is 0 Å². The minimum atomic E-state index is -0.597. The van der Waals surface area contributed by atoms with Crippen LogP contribution in [0.25, 0.3) is 0 Å². The Hall–Kier alpha value is -1.35. The molecule has 2 rings (SSSR count). The molecule has 92 valence electrons. The zero-order valence-corrected chi connectivity index (χ0v) is 11.0. The van der Waals surface area contributed by atoms with E-state index in [4.69, 9.17) is 0 Å². The molecule has 1 fully saturated rings. The molecule has 0 bridgehead atoms. The van der Waals surface area contributed by atoms with Crippen LogP contribution in [0.5, 0.6) is 0 Å². The van der Waals surface area contributed by atoms with E-state index < -0.39 is 5.54 Å². The molecule has 0 radical (unpaired) electrons. The van der Waals surface area contributed by atoms with E-state index in [2.05, 4.69) is 43.5 Å². The van der Waals surface area contributed by atoms with Gasteiger partial charge in [0.05, 0.1) is 0 Å². The molecule has 3 nitrogen and oxygen atoms in total. The Balaban J connectivity index is 2.56. The Morgan fingerprint density at radius 2 is 1.71 bits per heavy atom. The van der Waals surface area contributed by atoms with Crippen LogP contribution in [0.2, 0.25) is 0 Å². The summed E-state index contributed by atoms with van der Waals surface area (Å²) in [5.41, 5.74) is 4.10. The predicted octanol–water partition coefficient (Wildman–Crippen LogP) is 1.55. The van der Waals surface area contributed by atoms with Crippen molar-refractivity contribution < 1.29 is 4.79 Å². The van der Waals surface area contributed by atoms with Gasteiger partial charge < -0.3 is 5.32 Å². The van der Waals surface area contributed by atoms with E-state index in [1.54, 1.807) is 0 Å². The normalized spacial score (nSPS) is 24.6. The summed E-state index contributed by atoms with van der Waals surface area (Å²) in [6.07, 6.45) is 0. The summed E-state index contributed by atoms with van der Waals surface area (Å²) in [6, 6.07) is 4.27. The summed E-state index contributed by atoms with van der Waals surface area (Å²) in [4.78, 5) is 12.1. The third-order valence-corrected chi connectivity index (χ3v) is 3.52. The van der Waals surface area contributed by atoms with E-state index in [9.17, 15) is 4.79 Å². The molecule has 1 aromatic rings. The summed E-state index contributed by atoms with van der Waals surface area (Å²) < 4.78 is 0. The monoisotopic (exact) mass is 232 g/mol. The first-order chi connectivity index (χ1) is 7.95. The summed E-state index contributed by atoms with van der Waals surface area (Å²) in [5.74, 6) is 0.0683. The lowest BCUT2D eigenvalue weighted by Gasteiger charge is -2.36. The standard InChI is InChI=1S/C14H20N2O/c1-9-7-10(2)12(11(3)8-9)14(4)13(17)15-5-6-16-14/h7-8,16H,5-6H2,1-4H3,(H,15,17). The molecule has 1 aliphatic rings. The third-order valence-electron chi connectivity index (χ3n) is 3.52. The lowest BCUT2D eigenvalue weighted by atomic mass is 9.82. The highest BCUT2D eigenvalue weighted by molar-refractivity contribution is 5.88. The summed E-state index contributed by atoms with van der Waals surface area (Å²) in [7, 11) is 0. The van der Waals surface area contributed by atoms with E-state index in [0.29, 0.717) is 6.54 Å². The number of carbonyl (C=O) groups excluding carboxylic acids is 1. The fourth-order valence-corrected chi connectivity index (χ4v) is 2.92. The molecule has 1 heterocycles. The maximum atomic E-state index is 12.1. The SMILES string of the molecule is Cc1cc(C)c(C2(C)NCCNC2=O)c(C)c1. The molecular formula is C14H20N2O. The van der Waals surface area contributed by atoms with Crippen molar-refractivity contribution in [1.82, 2.24) is 10.6 Å². The first kappa shape index (κ1) is 12.1. The third kappa shape index (κ3) is 1.95. The number of carbonyl (C=O) groups is 1.